The van der Waals surface area contributed by atoms with Crippen molar-refractivity contribution in [1.29, 1.82) is 0 Å². The highest BCUT2D eigenvalue weighted by atomic mass is 32.1. The minimum Gasteiger partial charge on any atom is -0.397 e. The number of aromatic amines is 1. The Kier molecular flexibility index (Phi) is 6.44. The number of aromatic nitrogens is 1. The second-order valence-electron chi connectivity index (χ2n) is 5.78. The summed E-state index contributed by atoms with van der Waals surface area (Å²) >= 11 is 3.67. The Morgan fingerprint density at radius 1 is 1.17 bits per heavy atom. The number of unbranched alkanes of at least 4 members (excludes halogenated alkanes) is 1. The molecule has 0 aliphatic heterocycles. The van der Waals surface area contributed by atoms with E-state index in [0.29, 0.717) is 9.85 Å². The van der Waals surface area contributed by atoms with Gasteiger partial charge in [-0.15, -0.1) is 0 Å². The number of anilines is 1. The molecule has 0 amide bonds. The largest absolute Gasteiger partial charge is 0.397 e. The van der Waals surface area contributed by atoms with Crippen LogP contribution in [0.3, 0.4) is 0 Å². The number of nitrogens with two attached hydrogens (primary N) is 1. The lowest BCUT2D eigenvalue weighted by atomic mass is 10.1. The summed E-state index contributed by atoms with van der Waals surface area (Å²) in [6, 6.07) is 13.5. The van der Waals surface area contributed by atoms with Gasteiger partial charge in [-0.25, -0.2) is 0 Å². The zero-order chi connectivity index (χ0) is 17.5. The second-order valence-corrected chi connectivity index (χ2v) is 6.15. The minimum atomic E-state index is 0.573. The molecule has 0 spiro atoms. The molecule has 0 unspecified atom stereocenters. The summed E-state index contributed by atoms with van der Waals surface area (Å²) < 4.78 is 0.573. The lowest BCUT2D eigenvalue weighted by molar-refractivity contribution is -0.259. The van der Waals surface area contributed by atoms with Crippen molar-refractivity contribution in [2.75, 3.05) is 5.73 Å². The van der Waals surface area contributed by atoms with Crippen LogP contribution in [0.1, 0.15) is 30.9 Å². The third kappa shape index (κ3) is 4.61. The molecule has 2 aromatic carbocycles. The zero-order valence-corrected chi connectivity index (χ0v) is 15.0. The minimum absolute atomic E-state index is 0.573. The van der Waals surface area contributed by atoms with Gasteiger partial charge in [0.1, 0.15) is 4.17 Å². The van der Waals surface area contributed by atoms with Gasteiger partial charge in [0.2, 0.25) is 12.8 Å². The molecule has 0 radical (unpaired) electrons. The van der Waals surface area contributed by atoms with Gasteiger partial charge in [0.15, 0.2) is 0 Å². The van der Waals surface area contributed by atoms with E-state index in [1.807, 2.05) is 30.5 Å². The molecule has 4 nitrogen and oxygen atoms in total. The van der Waals surface area contributed by atoms with Crippen molar-refractivity contribution in [3.63, 3.8) is 0 Å². The molecule has 0 fully saturated rings. The molecule has 0 saturated carbocycles. The number of para-hydroxylation sites is 1. The number of nitrogens with zero attached hydrogens (tertiary/aromatic N) is 1. The molecular weight excluding hydrogens is 318 g/mol. The number of aryl methyl sites for hydroxylation is 2. The van der Waals surface area contributed by atoms with Crippen LogP contribution in [0.5, 0.6) is 0 Å². The van der Waals surface area contributed by atoms with Gasteiger partial charge in [-0.1, -0.05) is 37.6 Å². The van der Waals surface area contributed by atoms with E-state index >= 15 is 0 Å². The number of rotatable bonds is 4. The maximum absolute atomic E-state index is 10.8. The molecule has 3 N–H and O–H groups in total. The molecule has 24 heavy (non-hydrogen) atoms. The first-order valence-electron chi connectivity index (χ1n) is 8.10. The SMILES string of the molecule is CCCCc1ccc([N+](=O)S)cc1.Cc1c[nH]c2c(N)cccc12. The Hall–Kier alpha value is -2.27. The predicted molar refractivity (Wildman–Crippen MR) is 105 cm³/mol. The number of hydrogen-bond acceptors (Lipinski definition) is 2. The number of nitrogens with one attached hydrogen (secondary N) is 1. The van der Waals surface area contributed by atoms with Gasteiger partial charge in [-0.2, -0.15) is 0 Å². The Morgan fingerprint density at radius 3 is 2.46 bits per heavy atom. The van der Waals surface area contributed by atoms with E-state index in [-0.39, 0.29) is 0 Å². The molecule has 1 heterocycles. The summed E-state index contributed by atoms with van der Waals surface area (Å²) in [7, 11) is 0. The third-order valence-corrected chi connectivity index (χ3v) is 4.16. The van der Waals surface area contributed by atoms with Gasteiger partial charge in [-0.05, 0) is 37.0 Å². The summed E-state index contributed by atoms with van der Waals surface area (Å²) in [6.07, 6.45) is 5.45. The van der Waals surface area contributed by atoms with E-state index in [2.05, 4.69) is 37.7 Å². The highest BCUT2D eigenvalue weighted by molar-refractivity contribution is 7.73. The molecule has 126 valence electrons. The normalized spacial score (nSPS) is 10.3. The lowest BCUT2D eigenvalue weighted by Crippen LogP contribution is -1.86. The van der Waals surface area contributed by atoms with Crippen molar-refractivity contribution >= 4 is 35.1 Å². The second kappa shape index (κ2) is 8.55. The van der Waals surface area contributed by atoms with E-state index in [9.17, 15) is 4.91 Å². The molecule has 0 bridgehead atoms. The quantitative estimate of drug-likeness (QED) is 0.340. The molecule has 1 aromatic heterocycles. The number of benzene rings is 2. The van der Waals surface area contributed by atoms with Gasteiger partial charge in [0.05, 0.1) is 11.2 Å². The highest BCUT2D eigenvalue weighted by Gasteiger charge is 2.06. The molecule has 0 aliphatic carbocycles. The molecule has 3 rings (SSSR count). The van der Waals surface area contributed by atoms with Gasteiger partial charge in [-0.3, -0.25) is 0 Å². The Labute approximate surface area is 148 Å². The van der Waals surface area contributed by atoms with Crippen LogP contribution >= 0.6 is 12.8 Å². The maximum Gasteiger partial charge on any atom is 0.272 e. The van der Waals surface area contributed by atoms with Crippen LogP contribution in [0.25, 0.3) is 10.9 Å². The van der Waals surface area contributed by atoms with E-state index in [1.165, 1.54) is 29.4 Å². The molecule has 0 atom stereocenters. The number of H-pyrrole nitrogens is 1. The van der Waals surface area contributed by atoms with Gasteiger partial charge >= 0.3 is 0 Å². The van der Waals surface area contributed by atoms with Crippen LogP contribution in [-0.4, -0.2) is 9.15 Å². The zero-order valence-electron chi connectivity index (χ0n) is 14.1. The summed E-state index contributed by atoms with van der Waals surface area (Å²) in [5.41, 5.74) is 10.7. The van der Waals surface area contributed by atoms with Crippen molar-refractivity contribution in [2.24, 2.45) is 0 Å². The topological polar surface area (TPSA) is 61.9 Å². The Balaban J connectivity index is 0.000000175. The van der Waals surface area contributed by atoms with Crippen LogP contribution in [0.2, 0.25) is 0 Å². The van der Waals surface area contributed by atoms with Crippen LogP contribution in [0.15, 0.2) is 48.7 Å². The van der Waals surface area contributed by atoms with E-state index in [0.717, 1.165) is 17.6 Å². The van der Waals surface area contributed by atoms with Gasteiger partial charge < -0.3 is 10.7 Å². The van der Waals surface area contributed by atoms with E-state index in [1.54, 1.807) is 12.1 Å². The van der Waals surface area contributed by atoms with Crippen LogP contribution in [0, 0.1) is 11.8 Å². The summed E-state index contributed by atoms with van der Waals surface area (Å²) in [4.78, 5) is 13.9. The molecular formula is C19H24N3OS+. The van der Waals surface area contributed by atoms with Crippen molar-refractivity contribution in [2.45, 2.75) is 33.1 Å². The number of nitrogen functional groups attached to an aromatic ring is 1. The van der Waals surface area contributed by atoms with Crippen LogP contribution < -0.4 is 5.73 Å². The van der Waals surface area contributed by atoms with Crippen LogP contribution in [-0.2, 0) is 6.42 Å². The summed E-state index contributed by atoms with van der Waals surface area (Å²) in [6.45, 7) is 4.24. The van der Waals surface area contributed by atoms with E-state index in [4.69, 9.17) is 5.73 Å². The molecule has 5 heteroatoms. The highest BCUT2D eigenvalue weighted by Crippen LogP contribution is 2.21. The molecule has 3 aromatic rings. The maximum atomic E-state index is 10.8. The fraction of sp³-hybridized carbons (Fsp3) is 0.263. The fourth-order valence-corrected chi connectivity index (χ4v) is 2.62. The monoisotopic (exact) mass is 342 g/mol. The number of thiol groups is 1. The van der Waals surface area contributed by atoms with Crippen molar-refractivity contribution < 1.29 is 4.17 Å². The lowest BCUT2D eigenvalue weighted by Gasteiger charge is -1.97. The first kappa shape index (κ1) is 18.1. The first-order valence-corrected chi connectivity index (χ1v) is 8.50. The van der Waals surface area contributed by atoms with Crippen molar-refractivity contribution in [3.05, 3.63) is 64.7 Å². The number of fused-ring (bicyclic) bond motifs is 1. The van der Waals surface area contributed by atoms with E-state index < -0.39 is 0 Å². The average molecular weight is 342 g/mol. The standard InChI is InChI=1S/C10H14NOS.C9H10N2/c1-2-3-4-9-5-7-10(8-6-9)11(12)13;1-6-5-11-9-7(6)3-2-4-8(9)10/h5-8H,2-4H2,1H3,(H,12,13);2-5,11H,10H2,1H3/q+1;. The molecule has 0 saturated heterocycles. The van der Waals surface area contributed by atoms with Gasteiger partial charge in [0.25, 0.3) is 5.69 Å². The van der Waals surface area contributed by atoms with Gasteiger partial charge in [0, 0.05) is 28.6 Å². The third-order valence-electron chi connectivity index (χ3n) is 3.93. The number of nitroso groups, excluding NO2 is 1. The predicted octanol–water partition coefficient (Wildman–Crippen LogP) is 5.34. The number of hydrogen-bond donors (Lipinski definition) is 3. The summed E-state index contributed by atoms with van der Waals surface area (Å²) in [5, 5.41) is 1.21. The molecule has 0 aliphatic rings. The average Bonchev–Trinajstić information content (AvgIpc) is 2.97. The Morgan fingerprint density at radius 2 is 1.88 bits per heavy atom. The van der Waals surface area contributed by atoms with Crippen molar-refractivity contribution in [1.82, 2.24) is 4.98 Å². The smallest absolute Gasteiger partial charge is 0.272 e. The van der Waals surface area contributed by atoms with Crippen LogP contribution in [0.4, 0.5) is 11.4 Å². The van der Waals surface area contributed by atoms with Crippen molar-refractivity contribution in [3.8, 4) is 0 Å². The summed E-state index contributed by atoms with van der Waals surface area (Å²) in [5.74, 6) is 0. The first-order chi connectivity index (χ1) is 11.5. The Bertz CT molecular complexity index is 809. The fourth-order valence-electron chi connectivity index (χ4n) is 2.49.